The van der Waals surface area contributed by atoms with E-state index < -0.39 is 0 Å². The topological polar surface area (TPSA) is 29.1 Å². The minimum Gasteiger partial charge on any atom is -0.354 e. The van der Waals surface area contributed by atoms with E-state index in [1.165, 1.54) is 18.5 Å². The minimum atomic E-state index is -0.0101. The second kappa shape index (κ2) is 14.9. The molecular formula is C17H20Cl3NO. The van der Waals surface area contributed by atoms with Crippen LogP contribution in [-0.2, 0) is 4.79 Å². The Morgan fingerprint density at radius 1 is 1.14 bits per heavy atom. The highest BCUT2D eigenvalue weighted by molar-refractivity contribution is 6.56. The molecule has 2 nitrogen and oxygen atoms in total. The van der Waals surface area contributed by atoms with E-state index in [2.05, 4.69) is 29.0 Å². The van der Waals surface area contributed by atoms with Gasteiger partial charge in [-0.1, -0.05) is 58.5 Å². The first kappa shape index (κ1) is 20.9. The van der Waals surface area contributed by atoms with Gasteiger partial charge in [0.15, 0.2) is 0 Å². The van der Waals surface area contributed by atoms with Crippen LogP contribution in [0.1, 0.15) is 45.4 Å². The van der Waals surface area contributed by atoms with Gasteiger partial charge in [-0.3, -0.25) is 4.79 Å². The summed E-state index contributed by atoms with van der Waals surface area (Å²) in [5.74, 6) is 11.6. The molecule has 0 rings (SSSR count). The van der Waals surface area contributed by atoms with Crippen LogP contribution in [0.4, 0.5) is 0 Å². The largest absolute Gasteiger partial charge is 0.354 e. The molecule has 1 amide bonds. The number of nitrogens with one attached hydrogen (secondary N) is 1. The van der Waals surface area contributed by atoms with E-state index in [1.54, 1.807) is 6.08 Å². The molecule has 0 aliphatic heterocycles. The minimum absolute atomic E-state index is 0.0101. The number of rotatable bonds is 7. The van der Waals surface area contributed by atoms with Gasteiger partial charge in [0, 0.05) is 37.4 Å². The molecule has 0 aliphatic carbocycles. The Morgan fingerprint density at radius 2 is 1.73 bits per heavy atom. The van der Waals surface area contributed by atoms with Crippen LogP contribution in [-0.4, -0.2) is 11.9 Å². The molecule has 0 aromatic carbocycles. The molecule has 0 aromatic rings. The summed E-state index contributed by atoms with van der Waals surface area (Å²) in [4.78, 5) is 11.2. The summed E-state index contributed by atoms with van der Waals surface area (Å²) in [7, 11) is 0. The van der Waals surface area contributed by atoms with Crippen molar-refractivity contribution in [3.63, 3.8) is 0 Å². The molecule has 1 N–H and O–H groups in total. The van der Waals surface area contributed by atoms with Crippen LogP contribution in [0, 0.1) is 23.7 Å². The van der Waals surface area contributed by atoms with Gasteiger partial charge in [-0.15, -0.1) is 0 Å². The number of amides is 1. The lowest BCUT2D eigenvalue weighted by Crippen LogP contribution is -2.32. The number of carbonyl (C=O) groups excluding carboxylic acids is 1. The SMILES string of the molecule is CC(=O)N[C@@H](CCCC#CC=C(Cl)Cl)CCCC#C/C=C/Cl. The van der Waals surface area contributed by atoms with Crippen molar-refractivity contribution >= 4 is 40.7 Å². The Hall–Kier alpha value is -1.06. The van der Waals surface area contributed by atoms with Gasteiger partial charge in [0.25, 0.3) is 0 Å². The van der Waals surface area contributed by atoms with Gasteiger partial charge in [-0.2, -0.15) is 0 Å². The summed E-state index contributed by atoms with van der Waals surface area (Å²) in [6.07, 6.45) is 8.23. The average molecular weight is 361 g/mol. The highest BCUT2D eigenvalue weighted by Gasteiger charge is 2.08. The van der Waals surface area contributed by atoms with Crippen molar-refractivity contribution in [3.05, 3.63) is 22.2 Å². The van der Waals surface area contributed by atoms with Gasteiger partial charge in [-0.05, 0) is 31.8 Å². The van der Waals surface area contributed by atoms with Crippen LogP contribution in [0.25, 0.3) is 0 Å². The molecule has 0 aromatic heterocycles. The molecule has 0 spiro atoms. The number of allylic oxidation sites excluding steroid dienone is 2. The molecule has 0 heterocycles. The van der Waals surface area contributed by atoms with Crippen molar-refractivity contribution in [1.82, 2.24) is 5.32 Å². The fourth-order valence-electron chi connectivity index (χ4n) is 1.79. The standard InChI is InChI=1S/C17H20Cl3NO/c1-15(22)21-16(11-7-3-2-6-10-14-18)12-8-4-5-9-13-17(19)20/h10,13-14,16H,3-4,7-8,11-12H2,1H3,(H,21,22)/b14-10+/t16-/m1/s1. The molecular weight excluding hydrogens is 341 g/mol. The van der Waals surface area contributed by atoms with Crippen LogP contribution in [0.5, 0.6) is 0 Å². The van der Waals surface area contributed by atoms with Crippen molar-refractivity contribution < 1.29 is 4.79 Å². The van der Waals surface area contributed by atoms with E-state index in [-0.39, 0.29) is 16.4 Å². The van der Waals surface area contributed by atoms with E-state index in [4.69, 9.17) is 34.8 Å². The maximum atomic E-state index is 11.2. The normalized spacial score (nSPS) is 10.9. The molecule has 0 radical (unpaired) electrons. The van der Waals surface area contributed by atoms with Crippen molar-refractivity contribution in [2.75, 3.05) is 0 Å². The molecule has 1 atom stereocenters. The first-order valence-electron chi connectivity index (χ1n) is 7.06. The van der Waals surface area contributed by atoms with Gasteiger partial charge in [0.05, 0.1) is 0 Å². The van der Waals surface area contributed by atoms with Gasteiger partial charge in [-0.25, -0.2) is 0 Å². The molecule has 0 unspecified atom stereocenters. The quantitative estimate of drug-likeness (QED) is 0.507. The Bertz CT molecular complexity index is 499. The van der Waals surface area contributed by atoms with Gasteiger partial charge in [0.2, 0.25) is 5.91 Å². The molecule has 0 bridgehead atoms. The molecule has 0 fully saturated rings. The summed E-state index contributed by atoms with van der Waals surface area (Å²) < 4.78 is 0.161. The van der Waals surface area contributed by atoms with Crippen molar-refractivity contribution in [1.29, 1.82) is 0 Å². The van der Waals surface area contributed by atoms with E-state index in [0.717, 1.165) is 38.5 Å². The lowest BCUT2D eigenvalue weighted by atomic mass is 10.0. The summed E-state index contributed by atoms with van der Waals surface area (Å²) >= 11 is 16.3. The Balaban J connectivity index is 4.07. The van der Waals surface area contributed by atoms with Gasteiger partial charge < -0.3 is 5.32 Å². The van der Waals surface area contributed by atoms with Gasteiger partial charge >= 0.3 is 0 Å². The molecule has 0 saturated heterocycles. The Labute approximate surface area is 148 Å². The molecule has 0 saturated carbocycles. The smallest absolute Gasteiger partial charge is 0.217 e. The molecule has 5 heteroatoms. The third-order valence-corrected chi connectivity index (χ3v) is 2.99. The zero-order chi connectivity index (χ0) is 16.6. The predicted octanol–water partition coefficient (Wildman–Crippen LogP) is 4.91. The number of hydrogen-bond donors (Lipinski definition) is 1. The zero-order valence-electron chi connectivity index (χ0n) is 12.6. The highest BCUT2D eigenvalue weighted by atomic mass is 35.5. The maximum Gasteiger partial charge on any atom is 0.217 e. The van der Waals surface area contributed by atoms with E-state index in [0.29, 0.717) is 0 Å². The van der Waals surface area contributed by atoms with Crippen molar-refractivity contribution in [3.8, 4) is 23.7 Å². The van der Waals surface area contributed by atoms with Crippen LogP contribution >= 0.6 is 34.8 Å². The summed E-state index contributed by atoms with van der Waals surface area (Å²) in [5.41, 5.74) is 1.39. The zero-order valence-corrected chi connectivity index (χ0v) is 14.9. The van der Waals surface area contributed by atoms with Crippen LogP contribution < -0.4 is 5.32 Å². The van der Waals surface area contributed by atoms with Crippen LogP contribution in [0.3, 0.4) is 0 Å². The first-order valence-corrected chi connectivity index (χ1v) is 8.25. The van der Waals surface area contributed by atoms with E-state index in [1.807, 2.05) is 0 Å². The Kier molecular flexibility index (Phi) is 14.1. The number of hydrogen-bond acceptors (Lipinski definition) is 1. The number of unbranched alkanes of at least 4 members (excludes halogenated alkanes) is 2. The van der Waals surface area contributed by atoms with Crippen LogP contribution in [0.2, 0.25) is 0 Å². The predicted molar refractivity (Wildman–Crippen MR) is 95.6 cm³/mol. The monoisotopic (exact) mass is 359 g/mol. The fourth-order valence-corrected chi connectivity index (χ4v) is 1.96. The Morgan fingerprint density at radius 3 is 2.23 bits per heavy atom. The lowest BCUT2D eigenvalue weighted by molar-refractivity contribution is -0.119. The lowest BCUT2D eigenvalue weighted by Gasteiger charge is -2.16. The number of carbonyl (C=O) groups is 1. The second-order valence-corrected chi connectivity index (χ2v) is 5.81. The first-order chi connectivity index (χ1) is 10.6. The summed E-state index contributed by atoms with van der Waals surface area (Å²) in [5, 5.41) is 2.97. The van der Waals surface area contributed by atoms with Gasteiger partial charge in [0.1, 0.15) is 4.49 Å². The number of halogens is 3. The summed E-state index contributed by atoms with van der Waals surface area (Å²) in [6.45, 7) is 1.53. The summed E-state index contributed by atoms with van der Waals surface area (Å²) in [6, 6.07) is 0.164. The second-order valence-electron chi connectivity index (χ2n) is 4.55. The van der Waals surface area contributed by atoms with E-state index in [9.17, 15) is 4.79 Å². The van der Waals surface area contributed by atoms with Crippen molar-refractivity contribution in [2.45, 2.75) is 51.5 Å². The third kappa shape index (κ3) is 15.3. The highest BCUT2D eigenvalue weighted by Crippen LogP contribution is 2.09. The maximum absolute atomic E-state index is 11.2. The fraction of sp³-hybridized carbons (Fsp3) is 0.471. The van der Waals surface area contributed by atoms with E-state index >= 15 is 0 Å². The molecule has 0 aliphatic rings. The van der Waals surface area contributed by atoms with Crippen LogP contribution in [0.15, 0.2) is 22.2 Å². The molecule has 120 valence electrons. The molecule has 22 heavy (non-hydrogen) atoms. The van der Waals surface area contributed by atoms with Crippen molar-refractivity contribution in [2.24, 2.45) is 0 Å². The third-order valence-electron chi connectivity index (χ3n) is 2.65. The average Bonchev–Trinajstić information content (AvgIpc) is 2.45.